The fraction of sp³-hybridized carbons (Fsp3) is 1.00. The Kier molecular flexibility index (Phi) is 4.14. The molecule has 1 aliphatic carbocycles. The van der Waals surface area contributed by atoms with Crippen LogP contribution in [-0.4, -0.2) is 24.4 Å². The molecule has 17 heavy (non-hydrogen) atoms. The molecule has 1 aliphatic heterocycles. The van der Waals surface area contributed by atoms with E-state index in [0.717, 1.165) is 25.6 Å². The number of hydrogen-bond acceptors (Lipinski definition) is 2. The SMILES string of the molecule is CC(C)(C)C1CCC(O)C(C2CCCOC2)C1. The molecule has 1 saturated heterocycles. The first-order valence-corrected chi connectivity index (χ1v) is 7.24. The molecule has 1 N–H and O–H groups in total. The predicted molar refractivity (Wildman–Crippen MR) is 69.8 cm³/mol. The normalized spacial score (nSPS) is 40.2. The monoisotopic (exact) mass is 240 g/mol. The molecule has 2 aliphatic rings. The van der Waals surface area contributed by atoms with Crippen LogP contribution in [0, 0.1) is 23.2 Å². The van der Waals surface area contributed by atoms with Gasteiger partial charge in [0.2, 0.25) is 0 Å². The van der Waals surface area contributed by atoms with Gasteiger partial charge in [-0.2, -0.15) is 0 Å². The summed E-state index contributed by atoms with van der Waals surface area (Å²) in [5.41, 5.74) is 0.383. The molecule has 4 atom stereocenters. The lowest BCUT2D eigenvalue weighted by molar-refractivity contribution is -0.0508. The van der Waals surface area contributed by atoms with Crippen molar-refractivity contribution >= 4 is 0 Å². The van der Waals surface area contributed by atoms with Crippen LogP contribution in [0.1, 0.15) is 52.9 Å². The van der Waals surface area contributed by atoms with Gasteiger partial charge in [0.25, 0.3) is 0 Å². The molecule has 0 aromatic carbocycles. The first kappa shape index (κ1) is 13.4. The third-order valence-electron chi connectivity index (χ3n) is 4.89. The molecule has 1 heterocycles. The minimum atomic E-state index is -0.0831. The van der Waals surface area contributed by atoms with Crippen LogP contribution in [0.3, 0.4) is 0 Å². The van der Waals surface area contributed by atoms with E-state index in [1.807, 2.05) is 0 Å². The highest BCUT2D eigenvalue weighted by Gasteiger charge is 2.39. The second kappa shape index (κ2) is 5.27. The largest absolute Gasteiger partial charge is 0.393 e. The van der Waals surface area contributed by atoms with E-state index in [1.165, 1.54) is 25.7 Å². The van der Waals surface area contributed by atoms with Gasteiger partial charge in [-0.1, -0.05) is 20.8 Å². The summed E-state index contributed by atoms with van der Waals surface area (Å²) < 4.78 is 5.59. The molecule has 0 bridgehead atoms. The molecule has 2 nitrogen and oxygen atoms in total. The van der Waals surface area contributed by atoms with E-state index in [2.05, 4.69) is 20.8 Å². The van der Waals surface area contributed by atoms with E-state index >= 15 is 0 Å². The fourth-order valence-electron chi connectivity index (χ4n) is 3.59. The molecule has 0 aromatic heterocycles. The van der Waals surface area contributed by atoms with E-state index in [-0.39, 0.29) is 6.10 Å². The van der Waals surface area contributed by atoms with E-state index in [4.69, 9.17) is 4.74 Å². The Hall–Kier alpha value is -0.0800. The Morgan fingerprint density at radius 1 is 1.12 bits per heavy atom. The predicted octanol–water partition coefficient (Wildman–Crippen LogP) is 3.24. The zero-order valence-corrected chi connectivity index (χ0v) is 11.6. The van der Waals surface area contributed by atoms with Crippen molar-refractivity contribution < 1.29 is 9.84 Å². The van der Waals surface area contributed by atoms with Gasteiger partial charge in [-0.15, -0.1) is 0 Å². The second-order valence-electron chi connectivity index (χ2n) is 7.08. The molecule has 2 fully saturated rings. The van der Waals surface area contributed by atoms with Crippen LogP contribution in [0.15, 0.2) is 0 Å². The number of aliphatic hydroxyl groups excluding tert-OH is 1. The highest BCUT2D eigenvalue weighted by molar-refractivity contribution is 4.89. The molecule has 0 amide bonds. The van der Waals surface area contributed by atoms with Crippen molar-refractivity contribution in [2.45, 2.75) is 59.0 Å². The number of rotatable bonds is 1. The number of hydrogen-bond donors (Lipinski definition) is 1. The number of aliphatic hydroxyl groups is 1. The summed E-state index contributed by atoms with van der Waals surface area (Å²) in [6, 6.07) is 0. The van der Waals surface area contributed by atoms with Gasteiger partial charge in [0.05, 0.1) is 6.10 Å². The van der Waals surface area contributed by atoms with Gasteiger partial charge in [0.15, 0.2) is 0 Å². The van der Waals surface area contributed by atoms with Gasteiger partial charge in [0.1, 0.15) is 0 Å². The molecule has 0 radical (unpaired) electrons. The topological polar surface area (TPSA) is 29.5 Å². The van der Waals surface area contributed by atoms with E-state index in [9.17, 15) is 5.11 Å². The Labute approximate surface area is 106 Å². The van der Waals surface area contributed by atoms with Crippen LogP contribution < -0.4 is 0 Å². The average Bonchev–Trinajstić information content (AvgIpc) is 2.29. The molecule has 0 spiro atoms. The van der Waals surface area contributed by atoms with Crippen molar-refractivity contribution in [1.29, 1.82) is 0 Å². The maximum absolute atomic E-state index is 10.2. The van der Waals surface area contributed by atoms with Crippen LogP contribution in [0.5, 0.6) is 0 Å². The molecular weight excluding hydrogens is 212 g/mol. The lowest BCUT2D eigenvalue weighted by Crippen LogP contribution is -2.40. The molecule has 2 rings (SSSR count). The summed E-state index contributed by atoms with van der Waals surface area (Å²) in [7, 11) is 0. The Balaban J connectivity index is 1.99. The highest BCUT2D eigenvalue weighted by Crippen LogP contribution is 2.44. The van der Waals surface area contributed by atoms with E-state index < -0.39 is 0 Å². The van der Waals surface area contributed by atoms with Crippen molar-refractivity contribution in [3.05, 3.63) is 0 Å². The minimum absolute atomic E-state index is 0.0831. The van der Waals surface area contributed by atoms with Crippen LogP contribution in [0.4, 0.5) is 0 Å². The van der Waals surface area contributed by atoms with E-state index in [0.29, 0.717) is 17.3 Å². The quantitative estimate of drug-likeness (QED) is 0.762. The maximum Gasteiger partial charge on any atom is 0.0572 e. The molecule has 100 valence electrons. The lowest BCUT2D eigenvalue weighted by atomic mass is 9.65. The van der Waals surface area contributed by atoms with E-state index in [1.54, 1.807) is 0 Å². The van der Waals surface area contributed by atoms with Gasteiger partial charge in [-0.05, 0) is 55.3 Å². The van der Waals surface area contributed by atoms with Crippen LogP contribution in [-0.2, 0) is 4.74 Å². The van der Waals surface area contributed by atoms with Crippen molar-refractivity contribution in [3.63, 3.8) is 0 Å². The molecule has 2 heteroatoms. The molecule has 0 aromatic rings. The fourth-order valence-corrected chi connectivity index (χ4v) is 3.59. The summed E-state index contributed by atoms with van der Waals surface area (Å²) in [6.07, 6.45) is 5.71. The van der Waals surface area contributed by atoms with Crippen LogP contribution in [0.2, 0.25) is 0 Å². The standard InChI is InChI=1S/C15H28O2/c1-15(2,3)12-6-7-14(16)13(9-12)11-5-4-8-17-10-11/h11-14,16H,4-10H2,1-3H3. The van der Waals surface area contributed by atoms with Gasteiger partial charge in [0, 0.05) is 13.2 Å². The second-order valence-corrected chi connectivity index (χ2v) is 7.08. The zero-order chi connectivity index (χ0) is 12.5. The molecular formula is C15H28O2. The van der Waals surface area contributed by atoms with Crippen molar-refractivity contribution in [2.24, 2.45) is 23.2 Å². The van der Waals surface area contributed by atoms with Crippen molar-refractivity contribution in [3.8, 4) is 0 Å². The van der Waals surface area contributed by atoms with Crippen LogP contribution in [0.25, 0.3) is 0 Å². The van der Waals surface area contributed by atoms with Gasteiger partial charge >= 0.3 is 0 Å². The zero-order valence-electron chi connectivity index (χ0n) is 11.6. The Morgan fingerprint density at radius 2 is 1.88 bits per heavy atom. The maximum atomic E-state index is 10.2. The Morgan fingerprint density at radius 3 is 2.47 bits per heavy atom. The van der Waals surface area contributed by atoms with Crippen LogP contribution >= 0.6 is 0 Å². The highest BCUT2D eigenvalue weighted by atomic mass is 16.5. The third kappa shape index (κ3) is 3.23. The summed E-state index contributed by atoms with van der Waals surface area (Å²) in [6.45, 7) is 8.80. The lowest BCUT2D eigenvalue weighted by Gasteiger charge is -2.43. The Bertz CT molecular complexity index is 238. The minimum Gasteiger partial charge on any atom is -0.393 e. The third-order valence-corrected chi connectivity index (χ3v) is 4.89. The average molecular weight is 240 g/mol. The summed E-state index contributed by atoms with van der Waals surface area (Å²) in [5, 5.41) is 10.2. The molecule has 1 saturated carbocycles. The number of ether oxygens (including phenoxy) is 1. The molecule has 4 unspecified atom stereocenters. The van der Waals surface area contributed by atoms with Crippen molar-refractivity contribution in [1.82, 2.24) is 0 Å². The summed E-state index contributed by atoms with van der Waals surface area (Å²) in [5.74, 6) is 1.84. The summed E-state index contributed by atoms with van der Waals surface area (Å²) >= 11 is 0. The first-order valence-electron chi connectivity index (χ1n) is 7.24. The summed E-state index contributed by atoms with van der Waals surface area (Å²) in [4.78, 5) is 0. The smallest absolute Gasteiger partial charge is 0.0572 e. The van der Waals surface area contributed by atoms with Gasteiger partial charge < -0.3 is 9.84 Å². The first-order chi connectivity index (χ1) is 7.98. The van der Waals surface area contributed by atoms with Crippen molar-refractivity contribution in [2.75, 3.05) is 13.2 Å². The van der Waals surface area contributed by atoms with Gasteiger partial charge in [-0.25, -0.2) is 0 Å². The van der Waals surface area contributed by atoms with Gasteiger partial charge in [-0.3, -0.25) is 0 Å².